The van der Waals surface area contributed by atoms with Crippen molar-refractivity contribution in [1.29, 1.82) is 0 Å². The summed E-state index contributed by atoms with van der Waals surface area (Å²) in [6.07, 6.45) is 0.819. The molecule has 0 bridgehead atoms. The first-order valence-electron chi connectivity index (χ1n) is 10.00. The van der Waals surface area contributed by atoms with Gasteiger partial charge in [0, 0.05) is 6.42 Å². The van der Waals surface area contributed by atoms with Crippen LogP contribution >= 0.6 is 0 Å². The third-order valence-corrected chi connectivity index (χ3v) is 10.8. The largest absolute Gasteiger partial charge is 0.459 e. The number of ether oxygens (including phenoxy) is 2. The van der Waals surface area contributed by atoms with Crippen molar-refractivity contribution in [2.24, 2.45) is 0 Å². The van der Waals surface area contributed by atoms with E-state index in [-0.39, 0.29) is 29.3 Å². The molecule has 0 amide bonds. The average Bonchev–Trinajstić information content (AvgIpc) is 3.20. The highest BCUT2D eigenvalue weighted by Crippen LogP contribution is 2.38. The highest BCUT2D eigenvalue weighted by molar-refractivity contribution is 6.99. The topological polar surface area (TPSA) is 44.8 Å². The van der Waals surface area contributed by atoms with Crippen LogP contribution in [0.25, 0.3) is 0 Å². The third-order valence-electron chi connectivity index (χ3n) is 5.83. The first kappa shape index (κ1) is 19.4. The van der Waals surface area contributed by atoms with Gasteiger partial charge in [-0.3, -0.25) is 4.79 Å². The lowest BCUT2D eigenvalue weighted by molar-refractivity contribution is -0.141. The average molecular weight is 397 g/mol. The van der Waals surface area contributed by atoms with Crippen LogP contribution in [0.2, 0.25) is 5.04 Å². The number of esters is 1. The second-order valence-electron chi connectivity index (χ2n) is 8.74. The predicted octanol–water partition coefficient (Wildman–Crippen LogP) is 3.04. The van der Waals surface area contributed by atoms with E-state index in [0.717, 1.165) is 0 Å². The zero-order chi connectivity index (χ0) is 19.8. The van der Waals surface area contributed by atoms with Crippen LogP contribution in [0.15, 0.2) is 60.7 Å². The van der Waals surface area contributed by atoms with Crippen molar-refractivity contribution in [2.75, 3.05) is 6.61 Å². The van der Waals surface area contributed by atoms with Crippen LogP contribution in [0.5, 0.6) is 0 Å². The maximum Gasteiger partial charge on any atom is 0.308 e. The highest BCUT2D eigenvalue weighted by atomic mass is 28.4. The molecule has 2 aliphatic rings. The molecule has 0 radical (unpaired) electrons. The van der Waals surface area contributed by atoms with Crippen LogP contribution in [-0.4, -0.2) is 39.2 Å². The van der Waals surface area contributed by atoms with Gasteiger partial charge >= 0.3 is 5.97 Å². The van der Waals surface area contributed by atoms with Gasteiger partial charge < -0.3 is 13.9 Å². The Morgan fingerprint density at radius 1 is 0.964 bits per heavy atom. The lowest BCUT2D eigenvalue weighted by Gasteiger charge is -2.43. The number of rotatable bonds is 5. The van der Waals surface area contributed by atoms with E-state index in [0.29, 0.717) is 19.4 Å². The van der Waals surface area contributed by atoms with Crippen LogP contribution in [0, 0.1) is 0 Å². The number of hydrogen-bond donors (Lipinski definition) is 0. The lowest BCUT2D eigenvalue weighted by atomic mass is 10.1. The molecule has 0 saturated carbocycles. The Morgan fingerprint density at radius 2 is 1.54 bits per heavy atom. The quantitative estimate of drug-likeness (QED) is 0.576. The summed E-state index contributed by atoms with van der Waals surface area (Å²) in [5.74, 6) is -0.152. The Kier molecular flexibility index (Phi) is 5.16. The maximum absolute atomic E-state index is 11.5. The summed E-state index contributed by atoms with van der Waals surface area (Å²) in [4.78, 5) is 11.5. The van der Waals surface area contributed by atoms with Crippen molar-refractivity contribution < 1.29 is 18.7 Å². The summed E-state index contributed by atoms with van der Waals surface area (Å²) in [6, 6.07) is 21.2. The number of benzene rings is 2. The van der Waals surface area contributed by atoms with Gasteiger partial charge in [0.25, 0.3) is 8.32 Å². The molecule has 4 nitrogen and oxygen atoms in total. The van der Waals surface area contributed by atoms with E-state index in [9.17, 15) is 4.79 Å². The molecule has 0 aromatic heterocycles. The molecule has 2 fully saturated rings. The first-order valence-corrected chi connectivity index (χ1v) is 11.9. The van der Waals surface area contributed by atoms with Gasteiger partial charge in [-0.05, 0) is 15.4 Å². The highest BCUT2D eigenvalue weighted by Gasteiger charge is 2.51. The van der Waals surface area contributed by atoms with Gasteiger partial charge in [0.15, 0.2) is 0 Å². The molecule has 0 aliphatic carbocycles. The van der Waals surface area contributed by atoms with Crippen LogP contribution < -0.4 is 10.4 Å². The van der Waals surface area contributed by atoms with E-state index in [2.05, 4.69) is 69.3 Å². The van der Waals surface area contributed by atoms with Gasteiger partial charge in [-0.2, -0.15) is 0 Å². The van der Waals surface area contributed by atoms with Gasteiger partial charge in [0.1, 0.15) is 12.2 Å². The summed E-state index contributed by atoms with van der Waals surface area (Å²) in [5, 5.41) is 2.47. The number of hydrogen-bond acceptors (Lipinski definition) is 4. The van der Waals surface area contributed by atoms with Crippen LogP contribution in [0.4, 0.5) is 0 Å². The fourth-order valence-corrected chi connectivity index (χ4v) is 9.16. The molecule has 2 saturated heterocycles. The molecule has 148 valence electrons. The summed E-state index contributed by atoms with van der Waals surface area (Å²) >= 11 is 0. The van der Waals surface area contributed by atoms with Gasteiger partial charge in [0.2, 0.25) is 0 Å². The Morgan fingerprint density at radius 3 is 2.04 bits per heavy atom. The Bertz CT molecular complexity index is 760. The number of fused-ring (bicyclic) bond motifs is 1. The Labute approximate surface area is 167 Å². The summed E-state index contributed by atoms with van der Waals surface area (Å²) in [6.45, 7) is 7.32. The van der Waals surface area contributed by atoms with Crippen molar-refractivity contribution in [3.05, 3.63) is 60.7 Å². The van der Waals surface area contributed by atoms with Crippen LogP contribution in [0.1, 0.15) is 33.6 Å². The molecule has 0 N–H and O–H groups in total. The van der Waals surface area contributed by atoms with E-state index in [1.165, 1.54) is 10.4 Å². The fourth-order valence-electron chi connectivity index (χ4n) is 4.57. The third kappa shape index (κ3) is 3.43. The zero-order valence-electron chi connectivity index (χ0n) is 16.8. The SMILES string of the molecule is CC(C)(C)[Si](OC[C@H]1C[C@H]2OC(=O)C[C@H]2O1)(c1ccccc1)c1ccccc1. The van der Waals surface area contributed by atoms with Gasteiger partial charge in [-0.15, -0.1) is 0 Å². The molecule has 0 unspecified atom stereocenters. The summed E-state index contributed by atoms with van der Waals surface area (Å²) in [5.41, 5.74) is 0. The lowest BCUT2D eigenvalue weighted by Crippen LogP contribution is -2.67. The molecular formula is C23H28O4Si. The van der Waals surface area contributed by atoms with E-state index >= 15 is 0 Å². The van der Waals surface area contributed by atoms with Gasteiger partial charge in [-0.1, -0.05) is 81.4 Å². The maximum atomic E-state index is 11.5. The molecular weight excluding hydrogens is 368 g/mol. The summed E-state index contributed by atoms with van der Waals surface area (Å²) < 4.78 is 18.4. The molecule has 2 aromatic rings. The summed E-state index contributed by atoms with van der Waals surface area (Å²) in [7, 11) is -2.55. The molecule has 28 heavy (non-hydrogen) atoms. The van der Waals surface area contributed by atoms with E-state index < -0.39 is 8.32 Å². The number of carbonyl (C=O) groups excluding carboxylic acids is 1. The van der Waals surface area contributed by atoms with Crippen LogP contribution in [-0.2, 0) is 18.7 Å². The normalized spacial score (nSPS) is 24.8. The minimum Gasteiger partial charge on any atom is -0.459 e. The second-order valence-corrected chi connectivity index (χ2v) is 13.0. The molecule has 2 heterocycles. The van der Waals surface area contributed by atoms with Crippen LogP contribution in [0.3, 0.4) is 0 Å². The molecule has 2 aliphatic heterocycles. The van der Waals surface area contributed by atoms with Crippen molar-refractivity contribution in [2.45, 2.75) is 57.0 Å². The van der Waals surface area contributed by atoms with E-state index in [4.69, 9.17) is 13.9 Å². The van der Waals surface area contributed by atoms with E-state index in [1.54, 1.807) is 0 Å². The van der Waals surface area contributed by atoms with Crippen molar-refractivity contribution in [3.63, 3.8) is 0 Å². The minimum absolute atomic E-state index is 0.0373. The smallest absolute Gasteiger partial charge is 0.308 e. The fraction of sp³-hybridized carbons (Fsp3) is 0.435. The second kappa shape index (κ2) is 7.47. The first-order chi connectivity index (χ1) is 13.4. The molecule has 5 heteroatoms. The molecule has 2 aromatic carbocycles. The van der Waals surface area contributed by atoms with Crippen molar-refractivity contribution >= 4 is 24.7 Å². The molecule has 0 spiro atoms. The zero-order valence-corrected chi connectivity index (χ0v) is 17.8. The standard InChI is InChI=1S/C23H28O4Si/c1-23(2,3)28(18-10-6-4-7-11-18,19-12-8-5-9-13-19)25-16-17-14-20-21(26-17)15-22(24)27-20/h4-13,17,20-21H,14-16H2,1-3H3/t17-,20-,21-/m1/s1. The number of carbonyl (C=O) groups is 1. The predicted molar refractivity (Wildman–Crippen MR) is 111 cm³/mol. The van der Waals surface area contributed by atoms with Crippen molar-refractivity contribution in [1.82, 2.24) is 0 Å². The minimum atomic E-state index is -2.55. The Balaban J connectivity index is 1.65. The molecule has 3 atom stereocenters. The van der Waals surface area contributed by atoms with Gasteiger partial charge in [0.05, 0.1) is 19.1 Å². The van der Waals surface area contributed by atoms with Gasteiger partial charge in [-0.25, -0.2) is 0 Å². The Hall–Kier alpha value is -1.95. The monoisotopic (exact) mass is 396 g/mol. The van der Waals surface area contributed by atoms with Crippen molar-refractivity contribution in [3.8, 4) is 0 Å². The molecule has 4 rings (SSSR count). The van der Waals surface area contributed by atoms with E-state index in [1.807, 2.05) is 12.1 Å².